The molecule has 2 aromatic carbocycles. The van der Waals surface area contributed by atoms with Crippen LogP contribution in [0.15, 0.2) is 60.7 Å². The molecule has 3 nitrogen and oxygen atoms in total. The molecule has 0 unspecified atom stereocenters. The van der Waals surface area contributed by atoms with Gasteiger partial charge >= 0.3 is 0 Å². The molecule has 24 heavy (non-hydrogen) atoms. The van der Waals surface area contributed by atoms with Crippen molar-refractivity contribution in [2.24, 2.45) is 0 Å². The van der Waals surface area contributed by atoms with Gasteiger partial charge in [-0.3, -0.25) is 4.90 Å². The molecule has 1 aliphatic heterocycles. The summed E-state index contributed by atoms with van der Waals surface area (Å²) in [6, 6.07) is 21.3. The normalized spacial score (nSPS) is 24.8. The Morgan fingerprint density at radius 3 is 2.21 bits per heavy atom. The zero-order valence-corrected chi connectivity index (χ0v) is 14.3. The van der Waals surface area contributed by atoms with E-state index in [1.165, 1.54) is 11.1 Å². The van der Waals surface area contributed by atoms with Gasteiger partial charge in [-0.1, -0.05) is 60.7 Å². The van der Waals surface area contributed by atoms with Crippen LogP contribution in [0.4, 0.5) is 0 Å². The van der Waals surface area contributed by atoms with Crippen molar-refractivity contribution in [1.82, 2.24) is 4.90 Å². The van der Waals surface area contributed by atoms with Gasteiger partial charge < -0.3 is 9.84 Å². The van der Waals surface area contributed by atoms with Crippen molar-refractivity contribution >= 4 is 0 Å². The molecule has 0 radical (unpaired) electrons. The number of likely N-dealkylation sites (tertiary alicyclic amines) is 1. The Hall–Kier alpha value is -1.68. The van der Waals surface area contributed by atoms with Crippen LogP contribution in [-0.4, -0.2) is 34.8 Å². The molecule has 1 N–H and O–H groups in total. The molecule has 3 heteroatoms. The van der Waals surface area contributed by atoms with Crippen LogP contribution in [0.25, 0.3) is 0 Å². The van der Waals surface area contributed by atoms with E-state index in [0.717, 1.165) is 19.4 Å². The summed E-state index contributed by atoms with van der Waals surface area (Å²) in [6.45, 7) is 3.94. The topological polar surface area (TPSA) is 32.7 Å². The van der Waals surface area contributed by atoms with E-state index < -0.39 is 0 Å². The lowest BCUT2D eigenvalue weighted by Crippen LogP contribution is -2.53. The highest BCUT2D eigenvalue weighted by Crippen LogP contribution is 2.27. The van der Waals surface area contributed by atoms with Gasteiger partial charge in [-0.25, -0.2) is 0 Å². The van der Waals surface area contributed by atoms with Crippen LogP contribution < -0.4 is 0 Å². The van der Waals surface area contributed by atoms with Crippen molar-refractivity contribution < 1.29 is 9.84 Å². The van der Waals surface area contributed by atoms with Gasteiger partial charge in [0.05, 0.1) is 19.3 Å². The predicted octanol–water partition coefficient (Wildman–Crippen LogP) is 3.62. The fourth-order valence-corrected chi connectivity index (χ4v) is 3.57. The summed E-state index contributed by atoms with van der Waals surface area (Å²) < 4.78 is 6.22. The summed E-state index contributed by atoms with van der Waals surface area (Å²) in [6.07, 6.45) is 2.19. The average Bonchev–Trinajstić information content (AvgIpc) is 2.64. The maximum absolute atomic E-state index is 9.77. The SMILES string of the molecule is C[C@H]1[C@@H](OCc2ccccc2)CC[C@H](CO)N1Cc1ccccc1. The lowest BCUT2D eigenvalue weighted by molar-refractivity contribution is -0.0767. The monoisotopic (exact) mass is 325 g/mol. The van der Waals surface area contributed by atoms with E-state index in [1.54, 1.807) is 0 Å². The minimum atomic E-state index is 0.205. The van der Waals surface area contributed by atoms with Crippen molar-refractivity contribution in [2.45, 2.75) is 51.1 Å². The van der Waals surface area contributed by atoms with E-state index in [2.05, 4.69) is 48.2 Å². The zero-order valence-electron chi connectivity index (χ0n) is 14.3. The lowest BCUT2D eigenvalue weighted by atomic mass is 9.93. The molecule has 0 aromatic heterocycles. The third kappa shape index (κ3) is 4.23. The highest BCUT2D eigenvalue weighted by molar-refractivity contribution is 5.15. The summed E-state index contributed by atoms with van der Waals surface area (Å²) in [5, 5.41) is 9.77. The van der Waals surface area contributed by atoms with Crippen LogP contribution in [0, 0.1) is 0 Å². The molecule has 0 aliphatic carbocycles. The van der Waals surface area contributed by atoms with E-state index >= 15 is 0 Å². The van der Waals surface area contributed by atoms with Crippen molar-refractivity contribution in [3.63, 3.8) is 0 Å². The minimum absolute atomic E-state index is 0.205. The van der Waals surface area contributed by atoms with E-state index in [4.69, 9.17) is 4.74 Å². The number of ether oxygens (including phenoxy) is 1. The third-order valence-corrected chi connectivity index (χ3v) is 5.04. The van der Waals surface area contributed by atoms with Gasteiger partial charge in [-0.05, 0) is 30.9 Å². The summed E-state index contributed by atoms with van der Waals surface area (Å²) in [7, 11) is 0. The molecule has 0 spiro atoms. The molecule has 1 heterocycles. The first-order valence-corrected chi connectivity index (χ1v) is 8.84. The number of piperidine rings is 1. The molecule has 1 saturated heterocycles. The highest BCUT2D eigenvalue weighted by Gasteiger charge is 2.34. The van der Waals surface area contributed by atoms with Crippen LogP contribution in [0.5, 0.6) is 0 Å². The second-order valence-corrected chi connectivity index (χ2v) is 6.65. The molecule has 3 rings (SSSR count). The molecule has 1 aliphatic rings. The quantitative estimate of drug-likeness (QED) is 0.880. The number of benzene rings is 2. The number of hydrogen-bond donors (Lipinski definition) is 1. The van der Waals surface area contributed by atoms with Crippen LogP contribution in [0.3, 0.4) is 0 Å². The van der Waals surface area contributed by atoms with E-state index in [9.17, 15) is 5.11 Å². The smallest absolute Gasteiger partial charge is 0.0733 e. The zero-order chi connectivity index (χ0) is 16.8. The van der Waals surface area contributed by atoms with Gasteiger partial charge in [0.2, 0.25) is 0 Å². The summed E-state index contributed by atoms with van der Waals surface area (Å²) >= 11 is 0. The molecule has 0 amide bonds. The fourth-order valence-electron chi connectivity index (χ4n) is 3.57. The molecule has 0 saturated carbocycles. The minimum Gasteiger partial charge on any atom is -0.395 e. The van der Waals surface area contributed by atoms with Crippen LogP contribution in [0.2, 0.25) is 0 Å². The van der Waals surface area contributed by atoms with Crippen molar-refractivity contribution in [2.75, 3.05) is 6.61 Å². The maximum Gasteiger partial charge on any atom is 0.0733 e. The van der Waals surface area contributed by atoms with E-state index in [1.807, 2.05) is 24.3 Å². The fraction of sp³-hybridized carbons (Fsp3) is 0.429. The Morgan fingerprint density at radius 1 is 0.958 bits per heavy atom. The largest absolute Gasteiger partial charge is 0.395 e. The molecule has 3 atom stereocenters. The maximum atomic E-state index is 9.77. The van der Waals surface area contributed by atoms with Crippen molar-refractivity contribution in [3.8, 4) is 0 Å². The molecular weight excluding hydrogens is 298 g/mol. The highest BCUT2D eigenvalue weighted by atomic mass is 16.5. The summed E-state index contributed by atoms with van der Waals surface area (Å²) in [5.41, 5.74) is 2.50. The Kier molecular flexibility index (Phi) is 6.02. The average molecular weight is 325 g/mol. The Bertz CT molecular complexity index is 602. The van der Waals surface area contributed by atoms with E-state index in [-0.39, 0.29) is 18.8 Å². The second-order valence-electron chi connectivity index (χ2n) is 6.65. The predicted molar refractivity (Wildman–Crippen MR) is 96.6 cm³/mol. The number of aliphatic hydroxyl groups is 1. The number of rotatable bonds is 6. The van der Waals surface area contributed by atoms with Gasteiger partial charge in [0.15, 0.2) is 0 Å². The van der Waals surface area contributed by atoms with Crippen LogP contribution in [0.1, 0.15) is 30.9 Å². The number of nitrogens with zero attached hydrogens (tertiary/aromatic N) is 1. The van der Waals surface area contributed by atoms with Gasteiger partial charge in [-0.15, -0.1) is 0 Å². The lowest BCUT2D eigenvalue weighted by Gasteiger charge is -2.44. The van der Waals surface area contributed by atoms with Gasteiger partial charge in [0.1, 0.15) is 0 Å². The number of aliphatic hydroxyl groups excluding tert-OH is 1. The molecule has 2 aromatic rings. The van der Waals surface area contributed by atoms with Gasteiger partial charge in [-0.2, -0.15) is 0 Å². The van der Waals surface area contributed by atoms with Gasteiger partial charge in [0.25, 0.3) is 0 Å². The molecular formula is C21H27NO2. The van der Waals surface area contributed by atoms with Crippen molar-refractivity contribution in [1.29, 1.82) is 0 Å². The number of hydrogen-bond acceptors (Lipinski definition) is 3. The van der Waals surface area contributed by atoms with Crippen molar-refractivity contribution in [3.05, 3.63) is 71.8 Å². The first-order valence-electron chi connectivity index (χ1n) is 8.84. The molecule has 0 bridgehead atoms. The Morgan fingerprint density at radius 2 is 1.58 bits per heavy atom. The summed E-state index contributed by atoms with van der Waals surface area (Å²) in [4.78, 5) is 2.40. The molecule has 1 fully saturated rings. The third-order valence-electron chi connectivity index (χ3n) is 5.04. The Labute approximate surface area is 144 Å². The van der Waals surface area contributed by atoms with Crippen LogP contribution in [-0.2, 0) is 17.9 Å². The molecule has 128 valence electrons. The van der Waals surface area contributed by atoms with Gasteiger partial charge in [0, 0.05) is 18.6 Å². The first kappa shape index (κ1) is 17.2. The van der Waals surface area contributed by atoms with Crippen LogP contribution >= 0.6 is 0 Å². The van der Waals surface area contributed by atoms with E-state index in [0.29, 0.717) is 12.6 Å². The second kappa shape index (κ2) is 8.43. The first-order chi connectivity index (χ1) is 11.8. The standard InChI is InChI=1S/C21H27NO2/c1-17-21(24-16-19-10-6-3-7-11-19)13-12-20(15-23)22(17)14-18-8-4-2-5-9-18/h2-11,17,20-21,23H,12-16H2,1H3/t17-,20+,21-/m0/s1. The summed E-state index contributed by atoms with van der Waals surface area (Å²) in [5.74, 6) is 0. The Balaban J connectivity index is 1.64.